The maximum atomic E-state index is 11.9. The average Bonchev–Trinajstić information content (AvgIpc) is 2.76. The highest BCUT2D eigenvalue weighted by atomic mass is 32.2. The summed E-state index contributed by atoms with van der Waals surface area (Å²) in [5.41, 5.74) is 0. The zero-order valence-corrected chi connectivity index (χ0v) is 10.9. The minimum Gasteiger partial charge on any atom is -0.468 e. The van der Waals surface area contributed by atoms with Crippen molar-refractivity contribution >= 4 is 23.6 Å². The molecule has 1 amide bonds. The first-order valence-electron chi connectivity index (χ1n) is 5.45. The van der Waals surface area contributed by atoms with Gasteiger partial charge in [-0.3, -0.25) is 10.1 Å². The summed E-state index contributed by atoms with van der Waals surface area (Å²) in [6.45, 7) is 3.70. The molecular weight excluding hydrogens is 250 g/mol. The van der Waals surface area contributed by atoms with Gasteiger partial charge in [-0.2, -0.15) is 0 Å². The van der Waals surface area contributed by atoms with E-state index < -0.39 is 0 Å². The van der Waals surface area contributed by atoms with Crippen molar-refractivity contribution in [3.05, 3.63) is 36.5 Å². The Kier molecular flexibility index (Phi) is 3.99. The molecule has 0 bridgehead atoms. The maximum Gasteiger partial charge on any atom is 0.239 e. The molecule has 0 saturated carbocycles. The van der Waals surface area contributed by atoms with Crippen LogP contribution in [0.15, 0.2) is 40.1 Å². The first-order chi connectivity index (χ1) is 8.66. The third-order valence-corrected chi connectivity index (χ3v) is 3.53. The number of rotatable bonds is 4. The van der Waals surface area contributed by atoms with Crippen LogP contribution in [0.25, 0.3) is 0 Å². The summed E-state index contributed by atoms with van der Waals surface area (Å²) in [4.78, 5) is 20.8. The third kappa shape index (κ3) is 3.10. The van der Waals surface area contributed by atoms with E-state index in [4.69, 9.17) is 4.42 Å². The number of hydrogen-bond donors (Lipinski definition) is 1. The molecule has 0 aliphatic heterocycles. The highest BCUT2D eigenvalue weighted by Gasteiger charge is 2.17. The van der Waals surface area contributed by atoms with Crippen LogP contribution in [0.4, 0.5) is 5.95 Å². The quantitative estimate of drug-likeness (QED) is 0.858. The Morgan fingerprint density at radius 3 is 2.78 bits per heavy atom. The van der Waals surface area contributed by atoms with Crippen molar-refractivity contribution < 1.29 is 9.21 Å². The standard InChI is InChI=1S/C12H13N3O2S/c1-8-10(4-7-17-8)18-9(2)11(16)15-12-13-5-3-6-14-12/h3-7,9H,1-2H3,(H,13,14,15,16)/t9-/m0/s1. The van der Waals surface area contributed by atoms with E-state index in [1.807, 2.05) is 19.9 Å². The van der Waals surface area contributed by atoms with Crippen LogP contribution in [-0.2, 0) is 4.79 Å². The smallest absolute Gasteiger partial charge is 0.239 e. The number of carbonyl (C=O) groups excluding carboxylic acids is 1. The molecule has 0 fully saturated rings. The van der Waals surface area contributed by atoms with E-state index in [0.29, 0.717) is 5.95 Å². The Labute approximate surface area is 109 Å². The van der Waals surface area contributed by atoms with Gasteiger partial charge in [-0.25, -0.2) is 9.97 Å². The molecule has 6 heteroatoms. The van der Waals surface area contributed by atoms with Crippen LogP contribution in [0, 0.1) is 6.92 Å². The minimum absolute atomic E-state index is 0.133. The molecule has 2 rings (SSSR count). The van der Waals surface area contributed by atoms with Gasteiger partial charge in [-0.05, 0) is 26.0 Å². The fraction of sp³-hybridized carbons (Fsp3) is 0.250. The highest BCUT2D eigenvalue weighted by Crippen LogP contribution is 2.27. The zero-order chi connectivity index (χ0) is 13.0. The van der Waals surface area contributed by atoms with Gasteiger partial charge in [0.25, 0.3) is 0 Å². The van der Waals surface area contributed by atoms with E-state index in [0.717, 1.165) is 10.7 Å². The Bertz CT molecular complexity index is 527. The predicted octanol–water partition coefficient (Wildman–Crippen LogP) is 2.50. The monoisotopic (exact) mass is 263 g/mol. The van der Waals surface area contributed by atoms with Gasteiger partial charge in [0.05, 0.1) is 11.5 Å². The van der Waals surface area contributed by atoms with E-state index in [-0.39, 0.29) is 11.2 Å². The number of nitrogens with zero attached hydrogens (tertiary/aromatic N) is 2. The molecule has 1 N–H and O–H groups in total. The molecular formula is C12H13N3O2S. The topological polar surface area (TPSA) is 68.0 Å². The molecule has 0 aromatic carbocycles. The maximum absolute atomic E-state index is 11.9. The van der Waals surface area contributed by atoms with Crippen molar-refractivity contribution in [2.45, 2.75) is 24.0 Å². The molecule has 18 heavy (non-hydrogen) atoms. The lowest BCUT2D eigenvalue weighted by atomic mass is 10.4. The van der Waals surface area contributed by atoms with Crippen LogP contribution >= 0.6 is 11.8 Å². The molecule has 0 aliphatic rings. The normalized spacial score (nSPS) is 12.1. The van der Waals surface area contributed by atoms with E-state index in [9.17, 15) is 4.79 Å². The Hall–Kier alpha value is -1.82. The fourth-order valence-electron chi connectivity index (χ4n) is 1.32. The number of amides is 1. The molecule has 2 aromatic rings. The number of anilines is 1. The number of hydrogen-bond acceptors (Lipinski definition) is 5. The summed E-state index contributed by atoms with van der Waals surface area (Å²) < 4.78 is 5.19. The summed E-state index contributed by atoms with van der Waals surface area (Å²) in [5, 5.41) is 2.42. The number of thioether (sulfide) groups is 1. The molecule has 0 spiro atoms. The van der Waals surface area contributed by atoms with Crippen LogP contribution in [-0.4, -0.2) is 21.1 Å². The van der Waals surface area contributed by atoms with Crippen molar-refractivity contribution in [1.29, 1.82) is 0 Å². The van der Waals surface area contributed by atoms with Crippen LogP contribution in [0.1, 0.15) is 12.7 Å². The van der Waals surface area contributed by atoms with Gasteiger partial charge >= 0.3 is 0 Å². The first kappa shape index (κ1) is 12.6. The average molecular weight is 263 g/mol. The predicted molar refractivity (Wildman–Crippen MR) is 69.4 cm³/mol. The second-order valence-corrected chi connectivity index (χ2v) is 5.05. The van der Waals surface area contributed by atoms with E-state index in [1.54, 1.807) is 24.7 Å². The molecule has 0 radical (unpaired) electrons. The van der Waals surface area contributed by atoms with Crippen molar-refractivity contribution in [2.24, 2.45) is 0 Å². The summed E-state index contributed by atoms with van der Waals surface area (Å²) >= 11 is 1.44. The number of aromatic nitrogens is 2. The van der Waals surface area contributed by atoms with Gasteiger partial charge in [0.2, 0.25) is 11.9 Å². The third-order valence-electron chi connectivity index (χ3n) is 2.28. The lowest BCUT2D eigenvalue weighted by Gasteiger charge is -2.09. The van der Waals surface area contributed by atoms with Gasteiger partial charge in [0, 0.05) is 17.3 Å². The van der Waals surface area contributed by atoms with Crippen LogP contribution in [0.3, 0.4) is 0 Å². The van der Waals surface area contributed by atoms with Crippen molar-refractivity contribution in [2.75, 3.05) is 5.32 Å². The molecule has 0 aliphatic carbocycles. The minimum atomic E-state index is -0.245. The number of aryl methyl sites for hydroxylation is 1. The van der Waals surface area contributed by atoms with Gasteiger partial charge in [0.15, 0.2) is 0 Å². The number of furan rings is 1. The van der Waals surface area contributed by atoms with E-state index in [1.165, 1.54) is 11.8 Å². The van der Waals surface area contributed by atoms with Gasteiger partial charge in [-0.1, -0.05) is 0 Å². The fourth-order valence-corrected chi connectivity index (χ4v) is 2.21. The molecule has 5 nitrogen and oxygen atoms in total. The molecule has 94 valence electrons. The van der Waals surface area contributed by atoms with Gasteiger partial charge < -0.3 is 4.42 Å². The SMILES string of the molecule is Cc1occc1S[C@@H](C)C(=O)Nc1ncccn1. The number of nitrogens with one attached hydrogen (secondary N) is 1. The first-order valence-corrected chi connectivity index (χ1v) is 6.33. The van der Waals surface area contributed by atoms with E-state index in [2.05, 4.69) is 15.3 Å². The van der Waals surface area contributed by atoms with E-state index >= 15 is 0 Å². The Balaban J connectivity index is 1.95. The summed E-state index contributed by atoms with van der Waals surface area (Å²) in [6.07, 6.45) is 4.78. The van der Waals surface area contributed by atoms with Crippen molar-refractivity contribution in [3.8, 4) is 0 Å². The molecule has 2 aromatic heterocycles. The Morgan fingerprint density at radius 1 is 1.44 bits per heavy atom. The summed E-state index contributed by atoms with van der Waals surface area (Å²) in [6, 6.07) is 3.55. The summed E-state index contributed by atoms with van der Waals surface area (Å²) in [7, 11) is 0. The molecule has 1 atom stereocenters. The van der Waals surface area contributed by atoms with Crippen molar-refractivity contribution in [1.82, 2.24) is 9.97 Å². The second kappa shape index (κ2) is 5.68. The van der Waals surface area contributed by atoms with Crippen LogP contribution in [0.2, 0.25) is 0 Å². The lowest BCUT2D eigenvalue weighted by Crippen LogP contribution is -2.23. The van der Waals surface area contributed by atoms with Crippen LogP contribution < -0.4 is 5.32 Å². The lowest BCUT2D eigenvalue weighted by molar-refractivity contribution is -0.115. The largest absolute Gasteiger partial charge is 0.468 e. The molecule has 0 unspecified atom stereocenters. The number of carbonyl (C=O) groups is 1. The second-order valence-electron chi connectivity index (χ2n) is 3.66. The summed E-state index contributed by atoms with van der Waals surface area (Å²) in [5.74, 6) is 1.00. The van der Waals surface area contributed by atoms with Gasteiger partial charge in [0.1, 0.15) is 5.76 Å². The van der Waals surface area contributed by atoms with Crippen LogP contribution in [0.5, 0.6) is 0 Å². The molecule has 0 saturated heterocycles. The Morgan fingerprint density at radius 2 is 2.17 bits per heavy atom. The zero-order valence-electron chi connectivity index (χ0n) is 10.1. The highest BCUT2D eigenvalue weighted by molar-refractivity contribution is 8.00. The van der Waals surface area contributed by atoms with Gasteiger partial charge in [-0.15, -0.1) is 11.8 Å². The van der Waals surface area contributed by atoms with Crippen molar-refractivity contribution in [3.63, 3.8) is 0 Å². The molecule has 2 heterocycles.